The molecule has 3 fully saturated rings. The topological polar surface area (TPSA) is 58.1 Å². The Balaban J connectivity index is 1.31. The summed E-state index contributed by atoms with van der Waals surface area (Å²) in [6, 6.07) is 8.31. The van der Waals surface area contributed by atoms with Crippen LogP contribution in [-0.2, 0) is 11.3 Å². The number of nitrogens with one attached hydrogen (secondary N) is 2. The third-order valence-electron chi connectivity index (χ3n) is 6.16. The van der Waals surface area contributed by atoms with Gasteiger partial charge in [-0.25, -0.2) is 0 Å². The highest BCUT2D eigenvalue weighted by Gasteiger charge is 2.40. The van der Waals surface area contributed by atoms with E-state index in [4.69, 9.17) is 9.47 Å². The van der Waals surface area contributed by atoms with E-state index >= 15 is 0 Å². The summed E-state index contributed by atoms with van der Waals surface area (Å²) in [5.41, 5.74) is 1.38. The molecular weight excluding hydrogens is 384 g/mol. The van der Waals surface area contributed by atoms with Crippen LogP contribution in [0.15, 0.2) is 29.3 Å². The molecule has 2 aliphatic heterocycles. The van der Waals surface area contributed by atoms with Crippen molar-refractivity contribution in [2.75, 3.05) is 58.0 Å². The van der Waals surface area contributed by atoms with Crippen LogP contribution in [0, 0.1) is 5.92 Å². The van der Waals surface area contributed by atoms with Crippen molar-refractivity contribution in [1.29, 1.82) is 0 Å². The third kappa shape index (κ3) is 5.58. The SMILES string of the molecule is CN=C(NCc1ccccc1OCC1CC1)NCC1(N2CCOCC2)CCSC1. The van der Waals surface area contributed by atoms with Gasteiger partial charge >= 0.3 is 0 Å². The van der Waals surface area contributed by atoms with Crippen molar-refractivity contribution in [1.82, 2.24) is 15.5 Å². The number of para-hydroxylation sites is 1. The highest BCUT2D eigenvalue weighted by molar-refractivity contribution is 7.99. The van der Waals surface area contributed by atoms with Crippen molar-refractivity contribution in [2.45, 2.75) is 31.3 Å². The number of ether oxygens (including phenoxy) is 2. The summed E-state index contributed by atoms with van der Waals surface area (Å²) in [4.78, 5) is 7.08. The molecule has 1 aliphatic carbocycles. The fourth-order valence-corrected chi connectivity index (χ4v) is 5.54. The molecule has 1 saturated carbocycles. The van der Waals surface area contributed by atoms with E-state index in [-0.39, 0.29) is 5.54 Å². The minimum Gasteiger partial charge on any atom is -0.493 e. The van der Waals surface area contributed by atoms with E-state index in [0.29, 0.717) is 6.54 Å². The second kappa shape index (κ2) is 10.0. The summed E-state index contributed by atoms with van der Waals surface area (Å²) < 4.78 is 11.6. The van der Waals surface area contributed by atoms with Gasteiger partial charge in [-0.3, -0.25) is 9.89 Å². The lowest BCUT2D eigenvalue weighted by atomic mass is 9.95. The smallest absolute Gasteiger partial charge is 0.191 e. The molecule has 0 radical (unpaired) electrons. The largest absolute Gasteiger partial charge is 0.493 e. The van der Waals surface area contributed by atoms with E-state index in [2.05, 4.69) is 50.5 Å². The number of rotatable bonds is 8. The van der Waals surface area contributed by atoms with Crippen LogP contribution in [0.1, 0.15) is 24.8 Å². The molecule has 3 aliphatic rings. The Morgan fingerprint density at radius 3 is 2.83 bits per heavy atom. The minimum atomic E-state index is 0.206. The van der Waals surface area contributed by atoms with Gasteiger partial charge in [0.1, 0.15) is 5.75 Å². The van der Waals surface area contributed by atoms with Crippen molar-refractivity contribution in [3.05, 3.63) is 29.8 Å². The number of aliphatic imine (C=N–C) groups is 1. The molecule has 6 nitrogen and oxygen atoms in total. The predicted molar refractivity (Wildman–Crippen MR) is 120 cm³/mol. The maximum Gasteiger partial charge on any atom is 0.191 e. The Morgan fingerprint density at radius 1 is 1.28 bits per heavy atom. The zero-order chi connectivity index (χ0) is 19.9. The number of morpholine rings is 1. The first kappa shape index (κ1) is 20.8. The van der Waals surface area contributed by atoms with Crippen LogP contribution in [0.5, 0.6) is 5.75 Å². The predicted octanol–water partition coefficient (Wildman–Crippen LogP) is 2.35. The molecule has 0 amide bonds. The Labute approximate surface area is 178 Å². The first-order valence-electron chi connectivity index (χ1n) is 10.8. The average Bonchev–Trinajstić information content (AvgIpc) is 3.49. The Kier molecular flexibility index (Phi) is 7.21. The average molecular weight is 419 g/mol. The highest BCUT2D eigenvalue weighted by Crippen LogP contribution is 2.33. The lowest BCUT2D eigenvalue weighted by molar-refractivity contribution is -0.0120. The summed E-state index contributed by atoms with van der Waals surface area (Å²) in [5, 5.41) is 7.08. The number of benzene rings is 1. The molecule has 0 spiro atoms. The van der Waals surface area contributed by atoms with Gasteiger partial charge in [-0.2, -0.15) is 11.8 Å². The van der Waals surface area contributed by atoms with E-state index in [1.165, 1.54) is 36.3 Å². The van der Waals surface area contributed by atoms with Gasteiger partial charge < -0.3 is 20.1 Å². The van der Waals surface area contributed by atoms with E-state index in [9.17, 15) is 0 Å². The van der Waals surface area contributed by atoms with E-state index in [1.807, 2.05) is 13.1 Å². The fourth-order valence-electron chi connectivity index (χ4n) is 4.07. The van der Waals surface area contributed by atoms with Crippen LogP contribution in [0.2, 0.25) is 0 Å². The molecule has 29 heavy (non-hydrogen) atoms. The highest BCUT2D eigenvalue weighted by atomic mass is 32.2. The maximum absolute atomic E-state index is 6.04. The molecule has 1 unspecified atom stereocenters. The van der Waals surface area contributed by atoms with E-state index in [0.717, 1.165) is 57.1 Å². The maximum atomic E-state index is 6.04. The standard InChI is InChI=1S/C22H34N4O2S/c1-23-21(24-14-19-4-2-3-5-20(19)28-15-18-6-7-18)25-16-22(8-13-29-17-22)26-9-11-27-12-10-26/h2-5,18H,6-17H2,1H3,(H2,23,24,25). The monoisotopic (exact) mass is 418 g/mol. The second-order valence-electron chi connectivity index (χ2n) is 8.27. The molecule has 4 rings (SSSR count). The normalized spacial score (nSPS) is 25.8. The summed E-state index contributed by atoms with van der Waals surface area (Å²) in [6.45, 7) is 6.21. The molecule has 7 heteroatoms. The van der Waals surface area contributed by atoms with Gasteiger partial charge in [0.2, 0.25) is 0 Å². The summed E-state index contributed by atoms with van der Waals surface area (Å²) in [6.07, 6.45) is 3.83. The summed E-state index contributed by atoms with van der Waals surface area (Å²) in [5.74, 6) is 5.00. The van der Waals surface area contributed by atoms with Crippen molar-refractivity contribution in [3.8, 4) is 5.75 Å². The molecular formula is C22H34N4O2S. The third-order valence-corrected chi connectivity index (χ3v) is 7.40. The van der Waals surface area contributed by atoms with Gasteiger partial charge in [-0.1, -0.05) is 18.2 Å². The van der Waals surface area contributed by atoms with Crippen molar-refractivity contribution < 1.29 is 9.47 Å². The minimum absolute atomic E-state index is 0.206. The molecule has 0 bridgehead atoms. The van der Waals surface area contributed by atoms with Gasteiger partial charge in [0, 0.05) is 50.1 Å². The zero-order valence-electron chi connectivity index (χ0n) is 17.5. The number of guanidine groups is 1. The number of thioether (sulfide) groups is 1. The summed E-state index contributed by atoms with van der Waals surface area (Å²) in [7, 11) is 1.84. The van der Waals surface area contributed by atoms with Gasteiger partial charge in [0.05, 0.1) is 19.8 Å². The zero-order valence-corrected chi connectivity index (χ0v) is 18.3. The van der Waals surface area contributed by atoms with Gasteiger partial charge in [0.15, 0.2) is 5.96 Å². The quantitative estimate of drug-likeness (QED) is 0.499. The van der Waals surface area contributed by atoms with Crippen molar-refractivity contribution in [3.63, 3.8) is 0 Å². The van der Waals surface area contributed by atoms with Gasteiger partial charge in [-0.05, 0) is 37.0 Å². The number of hydrogen-bond donors (Lipinski definition) is 2. The Hall–Kier alpha value is -1.44. The van der Waals surface area contributed by atoms with Crippen LogP contribution in [0.25, 0.3) is 0 Å². The van der Waals surface area contributed by atoms with Crippen LogP contribution in [0.4, 0.5) is 0 Å². The molecule has 160 valence electrons. The molecule has 1 aromatic rings. The Morgan fingerprint density at radius 2 is 2.10 bits per heavy atom. The van der Waals surface area contributed by atoms with Crippen LogP contribution >= 0.6 is 11.8 Å². The second-order valence-corrected chi connectivity index (χ2v) is 9.37. The molecule has 2 heterocycles. The molecule has 2 N–H and O–H groups in total. The first-order chi connectivity index (χ1) is 14.3. The van der Waals surface area contributed by atoms with E-state index in [1.54, 1.807) is 0 Å². The van der Waals surface area contributed by atoms with Crippen LogP contribution in [-0.4, -0.2) is 74.4 Å². The van der Waals surface area contributed by atoms with E-state index < -0.39 is 0 Å². The Bertz CT molecular complexity index is 683. The van der Waals surface area contributed by atoms with Gasteiger partial charge in [0.25, 0.3) is 0 Å². The van der Waals surface area contributed by atoms with Crippen LogP contribution in [0.3, 0.4) is 0 Å². The number of hydrogen-bond acceptors (Lipinski definition) is 5. The summed E-state index contributed by atoms with van der Waals surface area (Å²) >= 11 is 2.06. The van der Waals surface area contributed by atoms with Crippen molar-refractivity contribution >= 4 is 17.7 Å². The van der Waals surface area contributed by atoms with Gasteiger partial charge in [-0.15, -0.1) is 0 Å². The molecule has 0 aromatic heterocycles. The lowest BCUT2D eigenvalue weighted by Gasteiger charge is -2.43. The first-order valence-corrected chi connectivity index (χ1v) is 12.0. The lowest BCUT2D eigenvalue weighted by Crippen LogP contribution is -2.60. The fraction of sp³-hybridized carbons (Fsp3) is 0.682. The molecule has 2 saturated heterocycles. The van der Waals surface area contributed by atoms with Crippen LogP contribution < -0.4 is 15.4 Å². The molecule has 1 atom stereocenters. The molecule has 1 aromatic carbocycles. The van der Waals surface area contributed by atoms with Crippen molar-refractivity contribution in [2.24, 2.45) is 10.9 Å². The number of nitrogens with zero attached hydrogens (tertiary/aromatic N) is 2.